The molecule has 0 saturated carbocycles. The van der Waals surface area contributed by atoms with E-state index in [0.717, 1.165) is 34.3 Å². The van der Waals surface area contributed by atoms with Gasteiger partial charge >= 0.3 is 6.18 Å². The average Bonchev–Trinajstić information content (AvgIpc) is 2.52. The molecule has 0 heterocycles. The van der Waals surface area contributed by atoms with Crippen molar-refractivity contribution in [3.8, 4) is 0 Å². The molecule has 0 radical (unpaired) electrons. The number of halogens is 3. The van der Waals surface area contributed by atoms with Crippen LogP contribution in [-0.4, -0.2) is 8.42 Å². The molecule has 0 N–H and O–H groups in total. The number of benzene rings is 2. The maximum absolute atomic E-state index is 12.9. The van der Waals surface area contributed by atoms with Crippen LogP contribution in [0.5, 0.6) is 0 Å². The summed E-state index contributed by atoms with van der Waals surface area (Å²) in [6, 6.07) is 10.0. The van der Waals surface area contributed by atoms with E-state index >= 15 is 0 Å². The van der Waals surface area contributed by atoms with Gasteiger partial charge in [-0.3, -0.25) is 0 Å². The Bertz CT molecular complexity index is 881. The van der Waals surface area contributed by atoms with Crippen molar-refractivity contribution in [1.29, 1.82) is 0 Å². The minimum absolute atomic E-state index is 0.0444. The van der Waals surface area contributed by atoms with E-state index in [0.29, 0.717) is 0 Å². The summed E-state index contributed by atoms with van der Waals surface area (Å²) < 4.78 is 64.8. The Morgan fingerprint density at radius 1 is 1.12 bits per heavy atom. The van der Waals surface area contributed by atoms with Gasteiger partial charge in [-0.1, -0.05) is 30.3 Å². The monoisotopic (exact) mass is 353 g/mol. The van der Waals surface area contributed by atoms with E-state index in [9.17, 15) is 21.6 Å². The van der Waals surface area contributed by atoms with Gasteiger partial charge in [0.05, 0.1) is 22.3 Å². The highest BCUT2D eigenvalue weighted by Gasteiger charge is 2.32. The first-order chi connectivity index (χ1) is 11.2. The van der Waals surface area contributed by atoms with Gasteiger partial charge < -0.3 is 0 Å². The molecule has 2 rings (SSSR count). The van der Waals surface area contributed by atoms with Gasteiger partial charge in [-0.25, -0.2) is 12.7 Å². The van der Waals surface area contributed by atoms with Crippen LogP contribution in [0.3, 0.4) is 0 Å². The Labute approximate surface area is 138 Å². The van der Waals surface area contributed by atoms with E-state index in [-0.39, 0.29) is 10.6 Å². The molecule has 0 aromatic heterocycles. The van der Waals surface area contributed by atoms with Crippen LogP contribution in [0.2, 0.25) is 0 Å². The highest BCUT2D eigenvalue weighted by molar-refractivity contribution is 7.93. The largest absolute Gasteiger partial charge is 0.416 e. The molecule has 7 heteroatoms. The molecule has 0 aliphatic carbocycles. The molecular formula is C17H14F3NO2S. The van der Waals surface area contributed by atoms with Crippen molar-refractivity contribution in [3.05, 3.63) is 78.2 Å². The lowest BCUT2D eigenvalue weighted by atomic mass is 10.2. The van der Waals surface area contributed by atoms with Gasteiger partial charge in [-0.05, 0) is 37.3 Å². The summed E-state index contributed by atoms with van der Waals surface area (Å²) in [7, 11) is -4.09. The fourth-order valence-corrected chi connectivity index (χ4v) is 3.32. The van der Waals surface area contributed by atoms with Gasteiger partial charge in [0.15, 0.2) is 0 Å². The summed E-state index contributed by atoms with van der Waals surface area (Å²) in [5, 5.41) is 0. The van der Waals surface area contributed by atoms with Crippen LogP contribution >= 0.6 is 0 Å². The average molecular weight is 353 g/mol. The Balaban J connectivity index is 2.58. The number of hydrogen-bond donors (Lipinski definition) is 0. The SMILES string of the molecule is C=C=CN(c1cccc(C(F)(F)F)c1)S(=O)(=O)c1ccc(C)cc1. The lowest BCUT2D eigenvalue weighted by Crippen LogP contribution is -2.25. The van der Waals surface area contributed by atoms with Gasteiger partial charge in [0.1, 0.15) is 0 Å². The molecule has 0 aliphatic rings. The third kappa shape index (κ3) is 3.69. The van der Waals surface area contributed by atoms with Crippen molar-refractivity contribution >= 4 is 15.7 Å². The molecule has 0 bridgehead atoms. The molecule has 24 heavy (non-hydrogen) atoms. The number of nitrogens with zero attached hydrogens (tertiary/aromatic N) is 1. The summed E-state index contributed by atoms with van der Waals surface area (Å²) in [4.78, 5) is -0.0444. The second-order valence-corrected chi connectivity index (χ2v) is 6.81. The predicted octanol–water partition coefficient (Wildman–Crippen LogP) is 4.51. The lowest BCUT2D eigenvalue weighted by molar-refractivity contribution is -0.137. The number of aryl methyl sites for hydroxylation is 1. The van der Waals surface area contributed by atoms with Crippen LogP contribution in [-0.2, 0) is 16.2 Å². The number of rotatable bonds is 4. The zero-order valence-corrected chi connectivity index (χ0v) is 13.5. The molecule has 0 atom stereocenters. The Morgan fingerprint density at radius 2 is 1.75 bits per heavy atom. The molecule has 0 fully saturated rings. The topological polar surface area (TPSA) is 37.4 Å². The van der Waals surface area contributed by atoms with Crippen LogP contribution < -0.4 is 4.31 Å². The normalized spacial score (nSPS) is 11.7. The fraction of sp³-hybridized carbons (Fsp3) is 0.118. The van der Waals surface area contributed by atoms with Gasteiger partial charge in [-0.15, -0.1) is 5.73 Å². The summed E-state index contributed by atoms with van der Waals surface area (Å²) in [6.45, 7) is 5.11. The molecule has 2 aromatic carbocycles. The molecule has 3 nitrogen and oxygen atoms in total. The van der Waals surface area contributed by atoms with Crippen LogP contribution in [0.1, 0.15) is 11.1 Å². The van der Waals surface area contributed by atoms with Crippen molar-refractivity contribution in [3.63, 3.8) is 0 Å². The first kappa shape index (κ1) is 17.8. The minimum atomic E-state index is -4.58. The predicted molar refractivity (Wildman–Crippen MR) is 86.0 cm³/mol. The molecule has 2 aromatic rings. The van der Waals surface area contributed by atoms with Crippen molar-refractivity contribution in [2.24, 2.45) is 0 Å². The van der Waals surface area contributed by atoms with Crippen molar-refractivity contribution < 1.29 is 21.6 Å². The van der Waals surface area contributed by atoms with Gasteiger partial charge in [-0.2, -0.15) is 13.2 Å². The maximum Gasteiger partial charge on any atom is 0.416 e. The highest BCUT2D eigenvalue weighted by atomic mass is 32.2. The lowest BCUT2D eigenvalue weighted by Gasteiger charge is -2.21. The summed E-state index contributed by atoms with van der Waals surface area (Å²) in [6.07, 6.45) is -3.59. The van der Waals surface area contributed by atoms with E-state index < -0.39 is 21.8 Å². The summed E-state index contributed by atoms with van der Waals surface area (Å²) in [5.74, 6) is 0. The number of anilines is 1. The van der Waals surface area contributed by atoms with Gasteiger partial charge in [0, 0.05) is 0 Å². The zero-order chi connectivity index (χ0) is 18.0. The fourth-order valence-electron chi connectivity index (χ4n) is 2.01. The van der Waals surface area contributed by atoms with Crippen molar-refractivity contribution in [2.75, 3.05) is 4.31 Å². The molecule has 126 valence electrons. The minimum Gasteiger partial charge on any atom is -0.234 e. The summed E-state index contributed by atoms with van der Waals surface area (Å²) >= 11 is 0. The van der Waals surface area contributed by atoms with E-state index in [4.69, 9.17) is 0 Å². The molecule has 0 spiro atoms. The third-order valence-electron chi connectivity index (χ3n) is 3.21. The highest BCUT2D eigenvalue weighted by Crippen LogP contribution is 2.33. The Morgan fingerprint density at radius 3 is 2.29 bits per heavy atom. The molecule has 0 unspecified atom stereocenters. The smallest absolute Gasteiger partial charge is 0.234 e. The van der Waals surface area contributed by atoms with E-state index in [2.05, 4.69) is 12.3 Å². The standard InChI is InChI=1S/C17H14F3NO2S/c1-3-11-21(15-6-4-5-14(12-15)17(18,19)20)24(22,23)16-9-7-13(2)8-10-16/h4-12H,1H2,2H3. The molecule has 0 amide bonds. The first-order valence-electron chi connectivity index (χ1n) is 6.80. The van der Waals surface area contributed by atoms with E-state index in [1.165, 1.54) is 18.2 Å². The van der Waals surface area contributed by atoms with Gasteiger partial charge in [0.25, 0.3) is 10.0 Å². The van der Waals surface area contributed by atoms with Crippen LogP contribution in [0.15, 0.2) is 71.9 Å². The molecular weight excluding hydrogens is 339 g/mol. The van der Waals surface area contributed by atoms with Gasteiger partial charge in [0.2, 0.25) is 0 Å². The van der Waals surface area contributed by atoms with Crippen LogP contribution in [0.4, 0.5) is 18.9 Å². The second-order valence-electron chi connectivity index (χ2n) is 5.00. The van der Waals surface area contributed by atoms with Crippen LogP contribution in [0.25, 0.3) is 0 Å². The molecule has 0 aliphatic heterocycles. The first-order valence-corrected chi connectivity index (χ1v) is 8.24. The third-order valence-corrected chi connectivity index (χ3v) is 4.92. The number of alkyl halides is 3. The second kappa shape index (κ2) is 6.55. The van der Waals surface area contributed by atoms with E-state index in [1.54, 1.807) is 19.1 Å². The van der Waals surface area contributed by atoms with E-state index in [1.807, 2.05) is 0 Å². The number of sulfonamides is 1. The van der Waals surface area contributed by atoms with Crippen LogP contribution in [0, 0.1) is 6.92 Å². The Kier molecular flexibility index (Phi) is 4.87. The molecule has 0 saturated heterocycles. The van der Waals surface area contributed by atoms with Crippen molar-refractivity contribution in [1.82, 2.24) is 0 Å². The zero-order valence-electron chi connectivity index (χ0n) is 12.7. The maximum atomic E-state index is 12.9. The number of hydrogen-bond acceptors (Lipinski definition) is 2. The Hall–Kier alpha value is -2.50. The van der Waals surface area contributed by atoms with Crippen molar-refractivity contribution in [2.45, 2.75) is 18.0 Å². The quantitative estimate of drug-likeness (QED) is 0.759. The summed E-state index contributed by atoms with van der Waals surface area (Å²) in [5.41, 5.74) is 2.07.